The van der Waals surface area contributed by atoms with Crippen LogP contribution in [0.5, 0.6) is 5.75 Å². The van der Waals surface area contributed by atoms with Crippen molar-refractivity contribution in [3.05, 3.63) is 24.0 Å². The minimum Gasteiger partial charge on any atom is -0.494 e. The van der Waals surface area contributed by atoms with Crippen molar-refractivity contribution in [2.45, 2.75) is 33.6 Å². The SMILES string of the molecule is CC.CCCCOc1ccc2sc3c(N)c(C(N)=O)oc3c2c1. The van der Waals surface area contributed by atoms with Crippen molar-refractivity contribution >= 4 is 43.3 Å². The lowest BCUT2D eigenvalue weighted by Crippen LogP contribution is -2.11. The lowest BCUT2D eigenvalue weighted by Gasteiger charge is -2.04. The standard InChI is InChI=1S/C15H16N2O3S.C2H6/c1-2-3-6-19-8-4-5-10-9(7-8)12-14(21-10)11(16)13(20-12)15(17)18;1-2/h4-5,7H,2-3,6,16H2,1H3,(H2,17,18);1-2H3. The number of ether oxygens (including phenoxy) is 1. The van der Waals surface area contributed by atoms with Crippen LogP contribution in [0.3, 0.4) is 0 Å². The van der Waals surface area contributed by atoms with Gasteiger partial charge in [0.2, 0.25) is 5.76 Å². The van der Waals surface area contributed by atoms with E-state index in [0.717, 1.165) is 33.4 Å². The van der Waals surface area contributed by atoms with E-state index in [1.165, 1.54) is 11.3 Å². The molecule has 5 nitrogen and oxygen atoms in total. The number of hydrogen-bond acceptors (Lipinski definition) is 5. The molecule has 0 aliphatic heterocycles. The summed E-state index contributed by atoms with van der Waals surface area (Å²) in [6.45, 7) is 6.80. The molecular formula is C17H22N2O3S. The van der Waals surface area contributed by atoms with Gasteiger partial charge in [0.25, 0.3) is 5.91 Å². The molecule has 0 spiro atoms. The van der Waals surface area contributed by atoms with Crippen LogP contribution in [0.25, 0.3) is 20.4 Å². The van der Waals surface area contributed by atoms with Crippen LogP contribution in [0, 0.1) is 0 Å². The molecule has 0 bridgehead atoms. The Morgan fingerprint density at radius 3 is 2.74 bits per heavy atom. The Morgan fingerprint density at radius 2 is 2.09 bits per heavy atom. The van der Waals surface area contributed by atoms with Gasteiger partial charge in [-0.1, -0.05) is 27.2 Å². The summed E-state index contributed by atoms with van der Waals surface area (Å²) in [5.74, 6) is 0.154. The van der Waals surface area contributed by atoms with E-state index < -0.39 is 5.91 Å². The highest BCUT2D eigenvalue weighted by molar-refractivity contribution is 7.26. The maximum absolute atomic E-state index is 11.3. The largest absolute Gasteiger partial charge is 0.494 e. The minimum absolute atomic E-state index is 0.0236. The second-order valence-corrected chi connectivity index (χ2v) is 5.88. The third kappa shape index (κ3) is 3.27. The van der Waals surface area contributed by atoms with E-state index in [9.17, 15) is 4.79 Å². The molecule has 0 radical (unpaired) electrons. The summed E-state index contributed by atoms with van der Waals surface area (Å²) in [7, 11) is 0. The Kier molecular flexibility index (Phi) is 5.50. The van der Waals surface area contributed by atoms with Crippen LogP contribution in [-0.4, -0.2) is 12.5 Å². The van der Waals surface area contributed by atoms with Gasteiger partial charge in [-0.15, -0.1) is 11.3 Å². The zero-order valence-corrected chi connectivity index (χ0v) is 14.5. The summed E-state index contributed by atoms with van der Waals surface area (Å²) in [4.78, 5) is 11.3. The van der Waals surface area contributed by atoms with E-state index in [-0.39, 0.29) is 5.76 Å². The summed E-state index contributed by atoms with van der Waals surface area (Å²) in [5.41, 5.74) is 12.1. The first kappa shape index (κ1) is 17.1. The number of anilines is 1. The Labute approximate surface area is 139 Å². The molecule has 1 amide bonds. The molecule has 3 aromatic rings. The number of rotatable bonds is 5. The lowest BCUT2D eigenvalue weighted by molar-refractivity contribution is 0.0977. The summed E-state index contributed by atoms with van der Waals surface area (Å²) >= 11 is 1.48. The number of carbonyl (C=O) groups excluding carboxylic acids is 1. The van der Waals surface area contributed by atoms with Gasteiger partial charge in [0.15, 0.2) is 5.58 Å². The number of amides is 1. The number of hydrogen-bond donors (Lipinski definition) is 2. The van der Waals surface area contributed by atoms with E-state index in [4.69, 9.17) is 20.6 Å². The average molecular weight is 334 g/mol. The van der Waals surface area contributed by atoms with Gasteiger partial charge in [-0.25, -0.2) is 0 Å². The smallest absolute Gasteiger partial charge is 0.286 e. The number of benzene rings is 1. The predicted octanol–water partition coefficient (Wildman–Crippen LogP) is 4.53. The zero-order chi connectivity index (χ0) is 17.0. The van der Waals surface area contributed by atoms with Crippen molar-refractivity contribution in [1.29, 1.82) is 0 Å². The summed E-state index contributed by atoms with van der Waals surface area (Å²) in [5, 5.41) is 0.892. The molecule has 0 saturated heterocycles. The second-order valence-electron chi connectivity index (χ2n) is 4.83. The van der Waals surface area contributed by atoms with Gasteiger partial charge in [-0.3, -0.25) is 4.79 Å². The van der Waals surface area contributed by atoms with Crippen LogP contribution in [-0.2, 0) is 0 Å². The van der Waals surface area contributed by atoms with Gasteiger partial charge in [0.1, 0.15) is 11.4 Å². The lowest BCUT2D eigenvalue weighted by atomic mass is 10.2. The van der Waals surface area contributed by atoms with Crippen molar-refractivity contribution in [2.24, 2.45) is 5.73 Å². The highest BCUT2D eigenvalue weighted by Gasteiger charge is 2.20. The molecule has 0 aliphatic rings. The van der Waals surface area contributed by atoms with Crippen molar-refractivity contribution in [1.82, 2.24) is 0 Å². The Balaban J connectivity index is 0.000000924. The van der Waals surface area contributed by atoms with Gasteiger partial charge < -0.3 is 20.6 Å². The number of carbonyl (C=O) groups is 1. The summed E-state index contributed by atoms with van der Waals surface area (Å²) in [6, 6.07) is 5.82. The molecule has 0 saturated carbocycles. The highest BCUT2D eigenvalue weighted by Crippen LogP contribution is 2.41. The van der Waals surface area contributed by atoms with Gasteiger partial charge in [-0.05, 0) is 24.6 Å². The molecule has 2 aromatic heterocycles. The highest BCUT2D eigenvalue weighted by atomic mass is 32.1. The fraction of sp³-hybridized carbons (Fsp3) is 0.353. The monoisotopic (exact) mass is 334 g/mol. The number of thiophene rings is 1. The fourth-order valence-corrected chi connectivity index (χ4v) is 3.26. The van der Waals surface area contributed by atoms with Gasteiger partial charge >= 0.3 is 0 Å². The van der Waals surface area contributed by atoms with E-state index in [0.29, 0.717) is 17.9 Å². The predicted molar refractivity (Wildman–Crippen MR) is 96.3 cm³/mol. The molecule has 1 aromatic carbocycles. The first-order valence-corrected chi connectivity index (χ1v) is 8.60. The molecule has 124 valence electrons. The van der Waals surface area contributed by atoms with E-state index in [1.54, 1.807) is 0 Å². The molecule has 4 N–H and O–H groups in total. The molecule has 0 fully saturated rings. The van der Waals surface area contributed by atoms with Crippen LogP contribution in [0.2, 0.25) is 0 Å². The maximum Gasteiger partial charge on any atom is 0.286 e. The first-order valence-electron chi connectivity index (χ1n) is 7.79. The van der Waals surface area contributed by atoms with Crippen molar-refractivity contribution in [2.75, 3.05) is 12.3 Å². The molecular weight excluding hydrogens is 312 g/mol. The average Bonchev–Trinajstić information content (AvgIpc) is 3.07. The topological polar surface area (TPSA) is 91.5 Å². The second kappa shape index (κ2) is 7.37. The van der Waals surface area contributed by atoms with Crippen LogP contribution in [0.1, 0.15) is 44.2 Å². The number of nitrogens with two attached hydrogens (primary N) is 2. The van der Waals surface area contributed by atoms with E-state index in [2.05, 4.69) is 6.92 Å². The molecule has 0 atom stereocenters. The number of furan rings is 1. The molecule has 6 heteroatoms. The summed E-state index contributed by atoms with van der Waals surface area (Å²) in [6.07, 6.45) is 2.10. The van der Waals surface area contributed by atoms with E-state index >= 15 is 0 Å². The van der Waals surface area contributed by atoms with Crippen LogP contribution >= 0.6 is 11.3 Å². The van der Waals surface area contributed by atoms with Crippen molar-refractivity contribution in [3.8, 4) is 5.75 Å². The number of nitrogen functional groups attached to an aromatic ring is 1. The third-order valence-corrected chi connectivity index (χ3v) is 4.48. The Morgan fingerprint density at radius 1 is 1.35 bits per heavy atom. The minimum atomic E-state index is -0.653. The fourth-order valence-electron chi connectivity index (χ4n) is 2.20. The Bertz CT molecular complexity index is 820. The number of primary amides is 1. The number of fused-ring (bicyclic) bond motifs is 3. The van der Waals surface area contributed by atoms with Crippen molar-refractivity contribution < 1.29 is 13.9 Å². The van der Waals surface area contributed by atoms with Crippen LogP contribution < -0.4 is 16.2 Å². The molecule has 23 heavy (non-hydrogen) atoms. The third-order valence-electron chi connectivity index (χ3n) is 3.30. The van der Waals surface area contributed by atoms with Crippen LogP contribution in [0.15, 0.2) is 22.6 Å². The molecule has 0 unspecified atom stereocenters. The normalized spacial score (nSPS) is 10.6. The van der Waals surface area contributed by atoms with E-state index in [1.807, 2.05) is 32.0 Å². The number of unbranched alkanes of at least 4 members (excludes halogenated alkanes) is 1. The van der Waals surface area contributed by atoms with Gasteiger partial charge in [-0.2, -0.15) is 0 Å². The van der Waals surface area contributed by atoms with Gasteiger partial charge in [0.05, 0.1) is 11.3 Å². The van der Waals surface area contributed by atoms with Crippen LogP contribution in [0.4, 0.5) is 5.69 Å². The zero-order valence-electron chi connectivity index (χ0n) is 13.6. The molecule has 2 heterocycles. The quantitative estimate of drug-likeness (QED) is 0.670. The molecule has 0 aliphatic carbocycles. The first-order chi connectivity index (χ1) is 11.1. The van der Waals surface area contributed by atoms with Gasteiger partial charge in [0, 0.05) is 10.1 Å². The van der Waals surface area contributed by atoms with Crippen molar-refractivity contribution in [3.63, 3.8) is 0 Å². The molecule has 3 rings (SSSR count). The maximum atomic E-state index is 11.3. The Hall–Kier alpha value is -2.21. The summed E-state index contributed by atoms with van der Waals surface area (Å²) < 4.78 is 13.0.